The van der Waals surface area contributed by atoms with Gasteiger partial charge >= 0.3 is 0 Å². The van der Waals surface area contributed by atoms with Crippen LogP contribution in [0.4, 0.5) is 5.95 Å². The molecule has 8 heteroatoms. The van der Waals surface area contributed by atoms with E-state index in [1.54, 1.807) is 19.5 Å². The lowest BCUT2D eigenvalue weighted by Gasteiger charge is -2.33. The highest BCUT2D eigenvalue weighted by Crippen LogP contribution is 2.21. The fourth-order valence-corrected chi connectivity index (χ4v) is 2.93. The van der Waals surface area contributed by atoms with Crippen molar-refractivity contribution in [3.8, 4) is 17.2 Å². The van der Waals surface area contributed by atoms with Gasteiger partial charge in [0.25, 0.3) is 5.89 Å². The normalized spacial score (nSPS) is 15.2. The van der Waals surface area contributed by atoms with Crippen molar-refractivity contribution >= 4 is 5.95 Å². The minimum atomic E-state index is 0.527. The zero-order valence-electron chi connectivity index (χ0n) is 14.6. The molecule has 0 bridgehead atoms. The third-order valence-corrected chi connectivity index (χ3v) is 4.38. The Morgan fingerprint density at radius 1 is 1.04 bits per heavy atom. The van der Waals surface area contributed by atoms with E-state index in [2.05, 4.69) is 29.9 Å². The van der Waals surface area contributed by atoms with Gasteiger partial charge in [-0.05, 0) is 30.3 Å². The zero-order valence-corrected chi connectivity index (χ0v) is 14.6. The molecule has 0 amide bonds. The van der Waals surface area contributed by atoms with Gasteiger partial charge in [-0.25, -0.2) is 9.97 Å². The Labute approximate surface area is 151 Å². The molecular formula is C18H20N6O2. The molecule has 0 saturated carbocycles. The maximum atomic E-state index is 5.40. The van der Waals surface area contributed by atoms with Gasteiger partial charge in [-0.15, -0.1) is 0 Å². The van der Waals surface area contributed by atoms with Gasteiger partial charge in [-0.2, -0.15) is 4.98 Å². The van der Waals surface area contributed by atoms with Crippen LogP contribution in [0.1, 0.15) is 5.82 Å². The van der Waals surface area contributed by atoms with E-state index in [0.717, 1.165) is 43.4 Å². The predicted octanol–water partition coefficient (Wildman–Crippen LogP) is 1.86. The molecule has 1 fully saturated rings. The van der Waals surface area contributed by atoms with Crippen LogP contribution < -0.4 is 9.64 Å². The van der Waals surface area contributed by atoms with Gasteiger partial charge in [0.05, 0.1) is 13.7 Å². The SMILES string of the molecule is COc1ccc(-c2nc(CN3CCN(c4ncccn4)CC3)no2)cc1. The molecule has 1 saturated heterocycles. The Morgan fingerprint density at radius 3 is 2.46 bits per heavy atom. The van der Waals surface area contributed by atoms with Crippen LogP contribution in [-0.4, -0.2) is 58.3 Å². The smallest absolute Gasteiger partial charge is 0.257 e. The third kappa shape index (κ3) is 3.65. The average Bonchev–Trinajstić information content (AvgIpc) is 3.18. The van der Waals surface area contributed by atoms with Crippen LogP contribution in [-0.2, 0) is 6.54 Å². The summed E-state index contributed by atoms with van der Waals surface area (Å²) < 4.78 is 10.6. The van der Waals surface area contributed by atoms with E-state index in [9.17, 15) is 0 Å². The van der Waals surface area contributed by atoms with Crippen molar-refractivity contribution in [3.05, 3.63) is 48.5 Å². The van der Waals surface area contributed by atoms with Crippen LogP contribution in [0.25, 0.3) is 11.5 Å². The fourth-order valence-electron chi connectivity index (χ4n) is 2.93. The predicted molar refractivity (Wildman–Crippen MR) is 95.8 cm³/mol. The van der Waals surface area contributed by atoms with Gasteiger partial charge in [-0.3, -0.25) is 4.90 Å². The first-order valence-corrected chi connectivity index (χ1v) is 8.53. The number of rotatable bonds is 5. The number of hydrogen-bond donors (Lipinski definition) is 0. The average molecular weight is 352 g/mol. The molecule has 1 aliphatic rings. The number of hydrogen-bond acceptors (Lipinski definition) is 8. The number of ether oxygens (including phenoxy) is 1. The highest BCUT2D eigenvalue weighted by atomic mass is 16.5. The lowest BCUT2D eigenvalue weighted by atomic mass is 10.2. The second kappa shape index (κ2) is 7.49. The lowest BCUT2D eigenvalue weighted by Crippen LogP contribution is -2.46. The van der Waals surface area contributed by atoms with Gasteiger partial charge in [0.15, 0.2) is 5.82 Å². The summed E-state index contributed by atoms with van der Waals surface area (Å²) in [6.45, 7) is 4.25. The van der Waals surface area contributed by atoms with Crippen LogP contribution in [0.2, 0.25) is 0 Å². The largest absolute Gasteiger partial charge is 0.497 e. The van der Waals surface area contributed by atoms with E-state index in [1.807, 2.05) is 30.3 Å². The third-order valence-electron chi connectivity index (χ3n) is 4.38. The summed E-state index contributed by atoms with van der Waals surface area (Å²) in [6, 6.07) is 9.41. The summed E-state index contributed by atoms with van der Waals surface area (Å²) in [7, 11) is 1.64. The second-order valence-corrected chi connectivity index (χ2v) is 6.06. The molecule has 0 atom stereocenters. The van der Waals surface area contributed by atoms with Crippen molar-refractivity contribution in [1.82, 2.24) is 25.0 Å². The van der Waals surface area contributed by atoms with E-state index in [-0.39, 0.29) is 0 Å². The quantitative estimate of drug-likeness (QED) is 0.688. The molecule has 2 aromatic heterocycles. The molecular weight excluding hydrogens is 332 g/mol. The van der Waals surface area contributed by atoms with Gasteiger partial charge in [0.2, 0.25) is 5.95 Å². The zero-order chi connectivity index (χ0) is 17.8. The molecule has 1 aromatic carbocycles. The Kier molecular flexibility index (Phi) is 4.74. The van der Waals surface area contributed by atoms with Crippen LogP contribution in [0, 0.1) is 0 Å². The number of methoxy groups -OCH3 is 1. The number of nitrogens with zero attached hydrogens (tertiary/aromatic N) is 6. The van der Waals surface area contributed by atoms with E-state index >= 15 is 0 Å². The van der Waals surface area contributed by atoms with Crippen molar-refractivity contribution < 1.29 is 9.26 Å². The molecule has 134 valence electrons. The molecule has 1 aliphatic heterocycles. The standard InChI is InChI=1S/C18H20N6O2/c1-25-15-5-3-14(4-6-15)17-21-16(22-26-17)13-23-9-11-24(12-10-23)18-19-7-2-8-20-18/h2-8H,9-13H2,1H3. The molecule has 4 rings (SSSR count). The summed E-state index contributed by atoms with van der Waals surface area (Å²) >= 11 is 0. The van der Waals surface area contributed by atoms with E-state index in [0.29, 0.717) is 18.3 Å². The Morgan fingerprint density at radius 2 is 1.77 bits per heavy atom. The van der Waals surface area contributed by atoms with Gasteiger partial charge in [0.1, 0.15) is 5.75 Å². The molecule has 0 aliphatic carbocycles. The first-order valence-electron chi connectivity index (χ1n) is 8.53. The highest BCUT2D eigenvalue weighted by Gasteiger charge is 2.20. The minimum Gasteiger partial charge on any atom is -0.497 e. The van der Waals surface area contributed by atoms with Crippen LogP contribution in [0.5, 0.6) is 5.75 Å². The minimum absolute atomic E-state index is 0.527. The molecule has 3 aromatic rings. The molecule has 3 heterocycles. The molecule has 26 heavy (non-hydrogen) atoms. The van der Waals surface area contributed by atoms with Crippen molar-refractivity contribution in [2.45, 2.75) is 6.54 Å². The molecule has 0 N–H and O–H groups in total. The van der Waals surface area contributed by atoms with Crippen molar-refractivity contribution in [2.75, 3.05) is 38.2 Å². The van der Waals surface area contributed by atoms with Crippen molar-refractivity contribution in [2.24, 2.45) is 0 Å². The molecule has 0 radical (unpaired) electrons. The molecule has 8 nitrogen and oxygen atoms in total. The first kappa shape index (κ1) is 16.5. The van der Waals surface area contributed by atoms with Gasteiger partial charge in [0, 0.05) is 44.1 Å². The molecule has 0 unspecified atom stereocenters. The van der Waals surface area contributed by atoms with E-state index in [4.69, 9.17) is 9.26 Å². The maximum absolute atomic E-state index is 5.40. The number of aromatic nitrogens is 4. The first-order chi connectivity index (χ1) is 12.8. The van der Waals surface area contributed by atoms with Gasteiger partial charge < -0.3 is 14.2 Å². The van der Waals surface area contributed by atoms with Crippen molar-refractivity contribution in [3.63, 3.8) is 0 Å². The van der Waals surface area contributed by atoms with Crippen molar-refractivity contribution in [1.29, 1.82) is 0 Å². The maximum Gasteiger partial charge on any atom is 0.257 e. The number of piperazine rings is 1. The van der Waals surface area contributed by atoms with E-state index < -0.39 is 0 Å². The van der Waals surface area contributed by atoms with Crippen LogP contribution in [0.15, 0.2) is 47.2 Å². The van der Waals surface area contributed by atoms with E-state index in [1.165, 1.54) is 0 Å². The Bertz CT molecular complexity index is 828. The Hall–Kier alpha value is -3.00. The van der Waals surface area contributed by atoms with Crippen LogP contribution in [0.3, 0.4) is 0 Å². The topological polar surface area (TPSA) is 80.4 Å². The molecule has 0 spiro atoms. The summed E-state index contributed by atoms with van der Waals surface area (Å²) in [5.74, 6) is 2.81. The summed E-state index contributed by atoms with van der Waals surface area (Å²) in [5.41, 5.74) is 0.885. The number of benzene rings is 1. The monoisotopic (exact) mass is 352 g/mol. The summed E-state index contributed by atoms with van der Waals surface area (Å²) in [4.78, 5) is 17.6. The lowest BCUT2D eigenvalue weighted by molar-refractivity contribution is 0.239. The second-order valence-electron chi connectivity index (χ2n) is 6.06. The highest BCUT2D eigenvalue weighted by molar-refractivity contribution is 5.54. The number of anilines is 1. The summed E-state index contributed by atoms with van der Waals surface area (Å²) in [5, 5.41) is 4.11. The van der Waals surface area contributed by atoms with Gasteiger partial charge in [-0.1, -0.05) is 5.16 Å². The fraction of sp³-hybridized carbons (Fsp3) is 0.333. The Balaban J connectivity index is 1.35. The van der Waals surface area contributed by atoms with Crippen LogP contribution >= 0.6 is 0 Å². The summed E-state index contributed by atoms with van der Waals surface area (Å²) in [6.07, 6.45) is 3.55.